The third-order valence-corrected chi connectivity index (χ3v) is 3.53. The number of aliphatic carboxylic acids is 1. The first-order valence-corrected chi connectivity index (χ1v) is 5.94. The number of aromatic nitrogens is 1. The highest BCUT2D eigenvalue weighted by Crippen LogP contribution is 2.25. The lowest BCUT2D eigenvalue weighted by Crippen LogP contribution is -2.53. The van der Waals surface area contributed by atoms with Crippen LogP contribution in [0.15, 0.2) is 10.9 Å². The summed E-state index contributed by atoms with van der Waals surface area (Å²) in [6.45, 7) is 2.71. The van der Waals surface area contributed by atoms with Crippen molar-refractivity contribution >= 4 is 23.2 Å². The van der Waals surface area contributed by atoms with E-state index in [4.69, 9.17) is 5.11 Å². The van der Waals surface area contributed by atoms with Crippen LogP contribution in [0.1, 0.15) is 17.4 Å². The molecule has 0 spiro atoms. The third-order valence-electron chi connectivity index (χ3n) is 2.95. The van der Waals surface area contributed by atoms with Gasteiger partial charge in [0.25, 0.3) is 5.91 Å². The van der Waals surface area contributed by atoms with E-state index in [1.54, 1.807) is 22.7 Å². The molecule has 1 N–H and O–H groups in total. The Balaban J connectivity index is 1.89. The number of carboxylic acid groups (broad SMARTS) is 1. The molecule has 1 amide bonds. The zero-order valence-corrected chi connectivity index (χ0v) is 9.61. The van der Waals surface area contributed by atoms with Crippen molar-refractivity contribution in [3.05, 3.63) is 16.6 Å². The van der Waals surface area contributed by atoms with E-state index in [0.717, 1.165) is 0 Å². The van der Waals surface area contributed by atoms with Gasteiger partial charge in [0.05, 0.1) is 11.4 Å². The van der Waals surface area contributed by atoms with E-state index in [0.29, 0.717) is 18.8 Å². The molecule has 0 aliphatic carbocycles. The first kappa shape index (κ1) is 11.1. The van der Waals surface area contributed by atoms with E-state index in [1.165, 1.54) is 11.3 Å². The molecule has 0 radical (unpaired) electrons. The van der Waals surface area contributed by atoms with E-state index in [1.807, 2.05) is 0 Å². The van der Waals surface area contributed by atoms with Gasteiger partial charge in [-0.2, -0.15) is 0 Å². The Bertz CT molecular complexity index is 398. The largest absolute Gasteiger partial charge is 0.481 e. The highest BCUT2D eigenvalue weighted by Gasteiger charge is 2.37. The zero-order chi connectivity index (χ0) is 11.7. The second-order valence-electron chi connectivity index (χ2n) is 3.97. The highest BCUT2D eigenvalue weighted by atomic mass is 32.1. The van der Waals surface area contributed by atoms with Crippen molar-refractivity contribution in [3.63, 3.8) is 0 Å². The summed E-state index contributed by atoms with van der Waals surface area (Å²) in [4.78, 5) is 28.0. The van der Waals surface area contributed by atoms with Crippen molar-refractivity contribution in [1.82, 2.24) is 9.88 Å². The quantitative estimate of drug-likeness (QED) is 0.853. The Labute approximate surface area is 96.7 Å². The van der Waals surface area contributed by atoms with Gasteiger partial charge in [-0.3, -0.25) is 9.59 Å². The van der Waals surface area contributed by atoms with Crippen molar-refractivity contribution in [2.75, 3.05) is 13.1 Å². The summed E-state index contributed by atoms with van der Waals surface area (Å²) >= 11 is 1.38. The molecule has 1 aliphatic rings. The summed E-state index contributed by atoms with van der Waals surface area (Å²) in [5.41, 5.74) is 2.07. The maximum Gasteiger partial charge on any atom is 0.306 e. The molecule has 2 rings (SSSR count). The number of rotatable bonds is 3. The molecule has 1 unspecified atom stereocenters. The van der Waals surface area contributed by atoms with E-state index < -0.39 is 5.97 Å². The summed E-state index contributed by atoms with van der Waals surface area (Å²) in [6.07, 6.45) is 0. The molecular formula is C10H12N2O3S. The number of likely N-dealkylation sites (tertiary alicyclic amines) is 1. The Morgan fingerprint density at radius 2 is 2.31 bits per heavy atom. The SMILES string of the molecule is CC(C(=O)O)C1CN(C(=O)c2cscn2)C1. The summed E-state index contributed by atoms with van der Waals surface area (Å²) in [5, 5.41) is 10.5. The number of carbonyl (C=O) groups is 2. The van der Waals surface area contributed by atoms with Gasteiger partial charge in [-0.25, -0.2) is 4.98 Å². The Morgan fingerprint density at radius 3 is 2.81 bits per heavy atom. The normalized spacial score (nSPS) is 17.9. The van der Waals surface area contributed by atoms with Crippen LogP contribution in [0.5, 0.6) is 0 Å². The second kappa shape index (κ2) is 4.21. The summed E-state index contributed by atoms with van der Waals surface area (Å²) in [7, 11) is 0. The van der Waals surface area contributed by atoms with Gasteiger partial charge in [0.2, 0.25) is 0 Å². The standard InChI is InChI=1S/C10H12N2O3S/c1-6(10(14)15)7-2-12(3-7)9(13)8-4-16-5-11-8/h4-7H,2-3H2,1H3,(H,14,15). The van der Waals surface area contributed by atoms with Crippen molar-refractivity contribution in [2.45, 2.75) is 6.92 Å². The van der Waals surface area contributed by atoms with Crippen LogP contribution in [0, 0.1) is 11.8 Å². The van der Waals surface area contributed by atoms with Crippen LogP contribution < -0.4 is 0 Å². The minimum atomic E-state index is -0.800. The summed E-state index contributed by atoms with van der Waals surface area (Å²) in [5.74, 6) is -1.22. The van der Waals surface area contributed by atoms with Gasteiger partial charge in [0.1, 0.15) is 5.69 Å². The maximum atomic E-state index is 11.7. The van der Waals surface area contributed by atoms with Gasteiger partial charge in [-0.15, -0.1) is 11.3 Å². The van der Waals surface area contributed by atoms with Crippen LogP contribution in [0.2, 0.25) is 0 Å². The molecule has 6 heteroatoms. The lowest BCUT2D eigenvalue weighted by molar-refractivity contribution is -0.144. The number of hydrogen-bond acceptors (Lipinski definition) is 4. The molecule has 1 fully saturated rings. The van der Waals surface area contributed by atoms with E-state index in [-0.39, 0.29) is 17.7 Å². The lowest BCUT2D eigenvalue weighted by Gasteiger charge is -2.40. The van der Waals surface area contributed by atoms with Crippen LogP contribution in [0.25, 0.3) is 0 Å². The number of carbonyl (C=O) groups excluding carboxylic acids is 1. The fourth-order valence-electron chi connectivity index (χ4n) is 1.68. The molecule has 5 nitrogen and oxygen atoms in total. The van der Waals surface area contributed by atoms with Crippen molar-refractivity contribution in [2.24, 2.45) is 11.8 Å². The van der Waals surface area contributed by atoms with Crippen LogP contribution >= 0.6 is 11.3 Å². The molecule has 1 aliphatic heterocycles. The monoisotopic (exact) mass is 240 g/mol. The van der Waals surface area contributed by atoms with E-state index >= 15 is 0 Å². The predicted molar refractivity (Wildman–Crippen MR) is 58.3 cm³/mol. The first-order chi connectivity index (χ1) is 7.59. The Hall–Kier alpha value is -1.43. The van der Waals surface area contributed by atoms with E-state index in [9.17, 15) is 9.59 Å². The third kappa shape index (κ3) is 1.92. The molecule has 0 saturated carbocycles. The topological polar surface area (TPSA) is 70.5 Å². The maximum absolute atomic E-state index is 11.7. The first-order valence-electron chi connectivity index (χ1n) is 5.00. The van der Waals surface area contributed by atoms with Gasteiger partial charge < -0.3 is 10.0 Å². The van der Waals surface area contributed by atoms with Gasteiger partial charge in [-0.05, 0) is 0 Å². The number of thiazole rings is 1. The predicted octanol–water partition coefficient (Wildman–Crippen LogP) is 0.936. The van der Waals surface area contributed by atoms with Crippen LogP contribution in [0.3, 0.4) is 0 Å². The number of carboxylic acids is 1. The van der Waals surface area contributed by atoms with E-state index in [2.05, 4.69) is 4.98 Å². The average molecular weight is 240 g/mol. The van der Waals surface area contributed by atoms with Crippen LogP contribution in [0.4, 0.5) is 0 Å². The molecule has 0 bridgehead atoms. The Morgan fingerprint density at radius 1 is 1.62 bits per heavy atom. The average Bonchev–Trinajstić information content (AvgIpc) is 2.67. The zero-order valence-electron chi connectivity index (χ0n) is 8.79. The molecule has 16 heavy (non-hydrogen) atoms. The molecule has 2 heterocycles. The fourth-order valence-corrected chi connectivity index (χ4v) is 2.20. The fraction of sp³-hybridized carbons (Fsp3) is 0.500. The Kier molecular flexibility index (Phi) is 2.91. The molecular weight excluding hydrogens is 228 g/mol. The van der Waals surface area contributed by atoms with Gasteiger partial charge in [0.15, 0.2) is 0 Å². The van der Waals surface area contributed by atoms with Gasteiger partial charge in [0, 0.05) is 24.4 Å². The van der Waals surface area contributed by atoms with Crippen molar-refractivity contribution in [3.8, 4) is 0 Å². The number of amides is 1. The molecule has 1 saturated heterocycles. The molecule has 1 aromatic heterocycles. The number of hydrogen-bond donors (Lipinski definition) is 1. The minimum Gasteiger partial charge on any atom is -0.481 e. The molecule has 0 aromatic carbocycles. The highest BCUT2D eigenvalue weighted by molar-refractivity contribution is 7.07. The van der Waals surface area contributed by atoms with Gasteiger partial charge >= 0.3 is 5.97 Å². The van der Waals surface area contributed by atoms with Crippen molar-refractivity contribution in [1.29, 1.82) is 0 Å². The molecule has 1 aromatic rings. The lowest BCUT2D eigenvalue weighted by atomic mass is 9.87. The minimum absolute atomic E-state index is 0.0695. The van der Waals surface area contributed by atoms with Gasteiger partial charge in [-0.1, -0.05) is 6.92 Å². The van der Waals surface area contributed by atoms with Crippen LogP contribution in [-0.2, 0) is 4.79 Å². The van der Waals surface area contributed by atoms with Crippen molar-refractivity contribution < 1.29 is 14.7 Å². The summed E-state index contributed by atoms with van der Waals surface area (Å²) in [6, 6.07) is 0. The number of nitrogens with zero attached hydrogens (tertiary/aromatic N) is 2. The molecule has 1 atom stereocenters. The van der Waals surface area contributed by atoms with Crippen LogP contribution in [-0.4, -0.2) is 40.0 Å². The summed E-state index contributed by atoms with van der Waals surface area (Å²) < 4.78 is 0. The smallest absolute Gasteiger partial charge is 0.306 e. The second-order valence-corrected chi connectivity index (χ2v) is 4.69. The molecule has 86 valence electrons.